The predicted molar refractivity (Wildman–Crippen MR) is 65.4 cm³/mol. The van der Waals surface area contributed by atoms with Crippen LogP contribution in [0, 0.1) is 10.8 Å². The summed E-state index contributed by atoms with van der Waals surface area (Å²) in [7, 11) is 0. The highest BCUT2D eigenvalue weighted by atomic mass is 16.5. The van der Waals surface area contributed by atoms with Gasteiger partial charge in [0.05, 0.1) is 17.4 Å². The van der Waals surface area contributed by atoms with Gasteiger partial charge in [0.2, 0.25) is 0 Å². The third-order valence-corrected chi connectivity index (χ3v) is 3.19. The topological polar surface area (TPSA) is 52.6 Å². The molecule has 0 fully saturated rings. The van der Waals surface area contributed by atoms with E-state index in [-0.39, 0.29) is 6.61 Å². The Balaban J connectivity index is 4.93. The Labute approximate surface area is 103 Å². The predicted octanol–water partition coefficient (Wildman–Crippen LogP) is 2.33. The van der Waals surface area contributed by atoms with E-state index in [1.165, 1.54) is 6.08 Å². The SMILES string of the molecule is C=CCOC(=O)C(C)(C)C(C)(C)C(=O)OCC. The zero-order valence-electron chi connectivity index (χ0n) is 11.3. The second-order valence-corrected chi connectivity index (χ2v) is 4.86. The van der Waals surface area contributed by atoms with Crippen LogP contribution in [0.15, 0.2) is 12.7 Å². The molecule has 0 aromatic carbocycles. The molecule has 98 valence electrons. The molecule has 4 heteroatoms. The first-order valence-corrected chi connectivity index (χ1v) is 5.67. The molecule has 0 rings (SSSR count). The highest BCUT2D eigenvalue weighted by molar-refractivity contribution is 5.87. The van der Waals surface area contributed by atoms with Gasteiger partial charge in [0.25, 0.3) is 0 Å². The first-order chi connectivity index (χ1) is 7.71. The van der Waals surface area contributed by atoms with Gasteiger partial charge in [-0.15, -0.1) is 0 Å². The summed E-state index contributed by atoms with van der Waals surface area (Å²) in [6.45, 7) is 12.4. The molecule has 0 bridgehead atoms. The standard InChI is InChI=1S/C13H22O4/c1-7-9-17-11(15)13(5,6)12(3,4)10(14)16-8-2/h7H,1,8-9H2,2-6H3. The summed E-state index contributed by atoms with van der Waals surface area (Å²) in [6.07, 6.45) is 1.49. The molecule has 4 nitrogen and oxygen atoms in total. The summed E-state index contributed by atoms with van der Waals surface area (Å²) in [5.74, 6) is -0.837. The molecule has 17 heavy (non-hydrogen) atoms. The monoisotopic (exact) mass is 242 g/mol. The highest BCUT2D eigenvalue weighted by Gasteiger charge is 2.50. The van der Waals surface area contributed by atoms with E-state index < -0.39 is 22.8 Å². The number of esters is 2. The Kier molecular flexibility index (Phi) is 5.39. The van der Waals surface area contributed by atoms with Crippen LogP contribution in [0.2, 0.25) is 0 Å². The molecule has 0 aromatic heterocycles. The second kappa shape index (κ2) is 5.84. The van der Waals surface area contributed by atoms with Gasteiger partial charge in [-0.1, -0.05) is 12.7 Å². The third-order valence-electron chi connectivity index (χ3n) is 3.19. The van der Waals surface area contributed by atoms with Crippen molar-refractivity contribution in [2.24, 2.45) is 10.8 Å². The van der Waals surface area contributed by atoms with Gasteiger partial charge >= 0.3 is 11.9 Å². The van der Waals surface area contributed by atoms with Crippen LogP contribution in [0.5, 0.6) is 0 Å². The summed E-state index contributed by atoms with van der Waals surface area (Å²) >= 11 is 0. The molecule has 0 saturated carbocycles. The Morgan fingerprint density at radius 2 is 1.47 bits per heavy atom. The minimum absolute atomic E-state index is 0.140. The van der Waals surface area contributed by atoms with Gasteiger partial charge in [0.1, 0.15) is 6.61 Å². The molecule has 0 aliphatic heterocycles. The van der Waals surface area contributed by atoms with Crippen LogP contribution in [0.1, 0.15) is 34.6 Å². The summed E-state index contributed by atoms with van der Waals surface area (Å²) in [4.78, 5) is 23.7. The van der Waals surface area contributed by atoms with Crippen molar-refractivity contribution in [3.8, 4) is 0 Å². The van der Waals surface area contributed by atoms with Crippen LogP contribution in [0.3, 0.4) is 0 Å². The number of hydrogen-bond donors (Lipinski definition) is 0. The van der Waals surface area contributed by atoms with Crippen molar-refractivity contribution in [3.63, 3.8) is 0 Å². The van der Waals surface area contributed by atoms with Gasteiger partial charge in [-0.05, 0) is 34.6 Å². The van der Waals surface area contributed by atoms with Crippen LogP contribution in [0.4, 0.5) is 0 Å². The number of carbonyl (C=O) groups is 2. The molecular weight excluding hydrogens is 220 g/mol. The van der Waals surface area contributed by atoms with Crippen molar-refractivity contribution in [1.82, 2.24) is 0 Å². The molecule has 0 atom stereocenters. The van der Waals surface area contributed by atoms with Crippen LogP contribution in [-0.2, 0) is 19.1 Å². The van der Waals surface area contributed by atoms with E-state index in [0.29, 0.717) is 6.61 Å². The van der Waals surface area contributed by atoms with E-state index in [0.717, 1.165) is 0 Å². The van der Waals surface area contributed by atoms with Gasteiger partial charge in [-0.2, -0.15) is 0 Å². The lowest BCUT2D eigenvalue weighted by Gasteiger charge is -2.36. The number of carbonyl (C=O) groups excluding carboxylic acids is 2. The fraction of sp³-hybridized carbons (Fsp3) is 0.692. The van der Waals surface area contributed by atoms with Crippen molar-refractivity contribution < 1.29 is 19.1 Å². The van der Waals surface area contributed by atoms with Crippen molar-refractivity contribution >= 4 is 11.9 Å². The Bertz CT molecular complexity index is 303. The van der Waals surface area contributed by atoms with Crippen LogP contribution >= 0.6 is 0 Å². The fourth-order valence-corrected chi connectivity index (χ4v) is 1.14. The molecule has 0 heterocycles. The lowest BCUT2D eigenvalue weighted by Crippen LogP contribution is -2.46. The maximum Gasteiger partial charge on any atom is 0.312 e. The van der Waals surface area contributed by atoms with Gasteiger partial charge in [0.15, 0.2) is 0 Å². The van der Waals surface area contributed by atoms with Gasteiger partial charge in [0, 0.05) is 0 Å². The Morgan fingerprint density at radius 1 is 1.06 bits per heavy atom. The van der Waals surface area contributed by atoms with E-state index in [1.54, 1.807) is 34.6 Å². The van der Waals surface area contributed by atoms with E-state index in [2.05, 4.69) is 6.58 Å². The molecule has 0 amide bonds. The van der Waals surface area contributed by atoms with E-state index in [9.17, 15) is 9.59 Å². The molecule has 0 aliphatic carbocycles. The minimum atomic E-state index is -0.956. The lowest BCUT2D eigenvalue weighted by molar-refractivity contribution is -0.174. The molecule has 0 radical (unpaired) electrons. The molecule has 0 unspecified atom stereocenters. The maximum atomic E-state index is 11.9. The average molecular weight is 242 g/mol. The van der Waals surface area contributed by atoms with E-state index >= 15 is 0 Å². The number of ether oxygens (including phenoxy) is 2. The molecule has 0 aliphatic rings. The van der Waals surface area contributed by atoms with Crippen molar-refractivity contribution in [2.45, 2.75) is 34.6 Å². The molecule has 0 N–H and O–H groups in total. The zero-order valence-corrected chi connectivity index (χ0v) is 11.3. The summed E-state index contributed by atoms with van der Waals surface area (Å²) in [5.41, 5.74) is -1.90. The highest BCUT2D eigenvalue weighted by Crippen LogP contribution is 2.40. The van der Waals surface area contributed by atoms with Crippen molar-refractivity contribution in [1.29, 1.82) is 0 Å². The molecule has 0 saturated heterocycles. The van der Waals surface area contributed by atoms with Gasteiger partial charge in [-0.3, -0.25) is 9.59 Å². The first kappa shape index (κ1) is 15.7. The smallest absolute Gasteiger partial charge is 0.312 e. The average Bonchev–Trinajstić information content (AvgIpc) is 2.25. The second-order valence-electron chi connectivity index (χ2n) is 4.86. The lowest BCUT2D eigenvalue weighted by atomic mass is 9.68. The normalized spacial score (nSPS) is 11.8. The Morgan fingerprint density at radius 3 is 1.82 bits per heavy atom. The van der Waals surface area contributed by atoms with Gasteiger partial charge in [-0.25, -0.2) is 0 Å². The largest absolute Gasteiger partial charge is 0.466 e. The Hall–Kier alpha value is -1.32. The minimum Gasteiger partial charge on any atom is -0.466 e. The van der Waals surface area contributed by atoms with E-state index in [1.807, 2.05) is 0 Å². The molecular formula is C13H22O4. The fourth-order valence-electron chi connectivity index (χ4n) is 1.14. The van der Waals surface area contributed by atoms with Crippen LogP contribution in [-0.4, -0.2) is 25.2 Å². The third kappa shape index (κ3) is 3.32. The van der Waals surface area contributed by atoms with E-state index in [4.69, 9.17) is 9.47 Å². The van der Waals surface area contributed by atoms with Crippen molar-refractivity contribution in [2.75, 3.05) is 13.2 Å². The number of rotatable bonds is 6. The summed E-state index contributed by atoms with van der Waals surface area (Å²) < 4.78 is 9.99. The van der Waals surface area contributed by atoms with Crippen LogP contribution in [0.25, 0.3) is 0 Å². The quantitative estimate of drug-likeness (QED) is 0.530. The molecule has 0 aromatic rings. The van der Waals surface area contributed by atoms with Crippen LogP contribution < -0.4 is 0 Å². The first-order valence-electron chi connectivity index (χ1n) is 5.67. The summed E-state index contributed by atoms with van der Waals surface area (Å²) in [6, 6.07) is 0. The molecule has 0 spiro atoms. The zero-order chi connectivity index (χ0) is 13.7. The summed E-state index contributed by atoms with van der Waals surface area (Å²) in [5, 5.41) is 0. The van der Waals surface area contributed by atoms with Gasteiger partial charge < -0.3 is 9.47 Å². The number of hydrogen-bond acceptors (Lipinski definition) is 4. The maximum absolute atomic E-state index is 11.9. The van der Waals surface area contributed by atoms with Crippen molar-refractivity contribution in [3.05, 3.63) is 12.7 Å².